The monoisotopic (exact) mass is 250 g/mol. The van der Waals surface area contributed by atoms with E-state index in [0.29, 0.717) is 5.69 Å². The molecule has 0 saturated heterocycles. The highest BCUT2D eigenvalue weighted by molar-refractivity contribution is 9.10. The van der Waals surface area contributed by atoms with E-state index in [1.165, 1.54) is 0 Å². The van der Waals surface area contributed by atoms with Gasteiger partial charge in [-0.3, -0.25) is 4.72 Å². The molecule has 12 heavy (non-hydrogen) atoms. The second-order valence-electron chi connectivity index (χ2n) is 2.16. The van der Waals surface area contributed by atoms with Gasteiger partial charge in [0.1, 0.15) is 0 Å². The van der Waals surface area contributed by atoms with E-state index in [0.717, 1.165) is 4.47 Å². The van der Waals surface area contributed by atoms with Crippen molar-refractivity contribution in [1.29, 1.82) is 0 Å². The van der Waals surface area contributed by atoms with Crippen LogP contribution in [-0.4, -0.2) is 8.42 Å². The maximum atomic E-state index is 10.6. The van der Waals surface area contributed by atoms with Crippen molar-refractivity contribution in [3.63, 3.8) is 0 Å². The van der Waals surface area contributed by atoms with Crippen molar-refractivity contribution in [1.82, 2.24) is 0 Å². The molecule has 0 aromatic heterocycles. The van der Waals surface area contributed by atoms with Gasteiger partial charge in [0, 0.05) is 4.47 Å². The predicted molar refractivity (Wildman–Crippen MR) is 50.9 cm³/mol. The lowest BCUT2D eigenvalue weighted by Crippen LogP contribution is -2.21. The predicted octanol–water partition coefficient (Wildman–Crippen LogP) is 1.06. The molecule has 0 fully saturated rings. The van der Waals surface area contributed by atoms with Crippen molar-refractivity contribution in [3.8, 4) is 0 Å². The highest BCUT2D eigenvalue weighted by atomic mass is 79.9. The molecule has 66 valence electrons. The largest absolute Gasteiger partial charge is 0.296 e. The summed E-state index contributed by atoms with van der Waals surface area (Å²) in [7, 11) is -3.66. The van der Waals surface area contributed by atoms with Gasteiger partial charge in [-0.1, -0.05) is 22.0 Å². The number of halogens is 1. The molecule has 4 nitrogen and oxygen atoms in total. The molecule has 0 aliphatic carbocycles. The lowest BCUT2D eigenvalue weighted by molar-refractivity contribution is 0.603. The average molecular weight is 251 g/mol. The van der Waals surface area contributed by atoms with Crippen molar-refractivity contribution >= 4 is 31.8 Å². The van der Waals surface area contributed by atoms with Crippen molar-refractivity contribution < 1.29 is 8.42 Å². The molecule has 1 aromatic rings. The topological polar surface area (TPSA) is 72.2 Å². The quantitative estimate of drug-likeness (QED) is 0.825. The number of anilines is 1. The summed E-state index contributed by atoms with van der Waals surface area (Å²) >= 11 is 3.19. The van der Waals surface area contributed by atoms with E-state index in [1.807, 2.05) is 0 Å². The Kier molecular flexibility index (Phi) is 2.71. The summed E-state index contributed by atoms with van der Waals surface area (Å²) in [4.78, 5) is 0. The van der Waals surface area contributed by atoms with Gasteiger partial charge in [-0.15, -0.1) is 0 Å². The van der Waals surface area contributed by atoms with Gasteiger partial charge in [-0.25, -0.2) is 5.14 Å². The van der Waals surface area contributed by atoms with Crippen LogP contribution in [0.15, 0.2) is 28.7 Å². The molecule has 0 heterocycles. The Morgan fingerprint density at radius 3 is 2.58 bits per heavy atom. The lowest BCUT2D eigenvalue weighted by Gasteiger charge is -2.02. The molecule has 0 atom stereocenters. The zero-order valence-corrected chi connectivity index (χ0v) is 8.39. The van der Waals surface area contributed by atoms with Gasteiger partial charge < -0.3 is 0 Å². The van der Waals surface area contributed by atoms with Crippen LogP contribution in [-0.2, 0) is 10.2 Å². The minimum Gasteiger partial charge on any atom is -0.271 e. The van der Waals surface area contributed by atoms with Gasteiger partial charge >= 0.3 is 0 Å². The second-order valence-corrected chi connectivity index (χ2v) is 4.37. The average Bonchev–Trinajstić information content (AvgIpc) is 1.82. The van der Waals surface area contributed by atoms with Crippen molar-refractivity contribution in [3.05, 3.63) is 28.7 Å². The summed E-state index contributed by atoms with van der Waals surface area (Å²) in [5, 5.41) is 4.76. The highest BCUT2D eigenvalue weighted by Crippen LogP contribution is 2.15. The Labute approximate surface area is 79.1 Å². The molecule has 0 spiro atoms. The summed E-state index contributed by atoms with van der Waals surface area (Å²) < 4.78 is 24.1. The van der Waals surface area contributed by atoms with E-state index in [1.54, 1.807) is 24.3 Å². The number of rotatable bonds is 2. The summed E-state index contributed by atoms with van der Waals surface area (Å²) in [6.07, 6.45) is 0. The SMILES string of the molecule is NS(=O)(=O)Nc1cccc(Br)c1. The standard InChI is InChI=1S/C6H7BrN2O2S/c7-5-2-1-3-6(4-5)9-12(8,10)11/h1-4,9H,(H2,8,10,11). The number of nitrogens with two attached hydrogens (primary N) is 1. The molecule has 0 aliphatic heterocycles. The number of hydrogen-bond acceptors (Lipinski definition) is 2. The maximum absolute atomic E-state index is 10.6. The summed E-state index contributed by atoms with van der Waals surface area (Å²) in [6, 6.07) is 6.71. The third-order valence-electron chi connectivity index (χ3n) is 1.08. The first-order chi connectivity index (χ1) is 5.47. The number of benzene rings is 1. The number of hydrogen-bond donors (Lipinski definition) is 2. The fourth-order valence-electron chi connectivity index (χ4n) is 0.716. The minimum absolute atomic E-state index is 0.437. The molecule has 0 aliphatic rings. The first kappa shape index (κ1) is 9.50. The van der Waals surface area contributed by atoms with Crippen LogP contribution in [0.1, 0.15) is 0 Å². The fraction of sp³-hybridized carbons (Fsp3) is 0. The zero-order chi connectivity index (χ0) is 9.19. The Balaban J connectivity index is 2.91. The molecular formula is C6H7BrN2O2S. The summed E-state index contributed by atoms with van der Waals surface area (Å²) in [6.45, 7) is 0. The van der Waals surface area contributed by atoms with Crippen LogP contribution in [0, 0.1) is 0 Å². The Morgan fingerprint density at radius 2 is 2.08 bits per heavy atom. The van der Waals surface area contributed by atoms with Gasteiger partial charge in [0.2, 0.25) is 0 Å². The van der Waals surface area contributed by atoms with E-state index in [4.69, 9.17) is 5.14 Å². The summed E-state index contributed by atoms with van der Waals surface area (Å²) in [5.41, 5.74) is 0.437. The molecule has 0 saturated carbocycles. The van der Waals surface area contributed by atoms with Gasteiger partial charge in [0.05, 0.1) is 5.69 Å². The first-order valence-corrected chi connectivity index (χ1v) is 5.37. The van der Waals surface area contributed by atoms with Crippen LogP contribution in [0.3, 0.4) is 0 Å². The van der Waals surface area contributed by atoms with Crippen LogP contribution in [0.5, 0.6) is 0 Å². The summed E-state index contributed by atoms with van der Waals surface area (Å²) in [5.74, 6) is 0. The first-order valence-electron chi connectivity index (χ1n) is 3.03. The van der Waals surface area contributed by atoms with Crippen LogP contribution >= 0.6 is 15.9 Å². The molecule has 0 unspecified atom stereocenters. The molecule has 0 bridgehead atoms. The third kappa shape index (κ3) is 3.21. The molecule has 1 aromatic carbocycles. The Morgan fingerprint density at radius 1 is 1.42 bits per heavy atom. The van der Waals surface area contributed by atoms with E-state index >= 15 is 0 Å². The van der Waals surface area contributed by atoms with Crippen LogP contribution < -0.4 is 9.86 Å². The van der Waals surface area contributed by atoms with E-state index in [-0.39, 0.29) is 0 Å². The number of nitrogens with one attached hydrogen (secondary N) is 1. The lowest BCUT2D eigenvalue weighted by atomic mass is 10.3. The maximum Gasteiger partial charge on any atom is 0.296 e. The van der Waals surface area contributed by atoms with Crippen molar-refractivity contribution in [2.24, 2.45) is 5.14 Å². The van der Waals surface area contributed by atoms with Crippen molar-refractivity contribution in [2.75, 3.05) is 4.72 Å². The molecule has 0 amide bonds. The van der Waals surface area contributed by atoms with Crippen molar-refractivity contribution in [2.45, 2.75) is 0 Å². The molecular weight excluding hydrogens is 244 g/mol. The second kappa shape index (κ2) is 3.42. The molecule has 1 rings (SSSR count). The smallest absolute Gasteiger partial charge is 0.271 e. The van der Waals surface area contributed by atoms with Crippen LogP contribution in [0.2, 0.25) is 0 Å². The van der Waals surface area contributed by atoms with E-state index in [2.05, 4.69) is 20.7 Å². The van der Waals surface area contributed by atoms with Crippen LogP contribution in [0.4, 0.5) is 5.69 Å². The van der Waals surface area contributed by atoms with Crippen LogP contribution in [0.25, 0.3) is 0 Å². The Bertz CT molecular complexity index is 377. The normalized spacial score (nSPS) is 11.2. The Hall–Kier alpha value is -0.590. The van der Waals surface area contributed by atoms with Gasteiger partial charge in [-0.2, -0.15) is 8.42 Å². The highest BCUT2D eigenvalue weighted by Gasteiger charge is 2.00. The molecule has 6 heteroatoms. The zero-order valence-electron chi connectivity index (χ0n) is 5.99. The van der Waals surface area contributed by atoms with Gasteiger partial charge in [0.15, 0.2) is 0 Å². The minimum atomic E-state index is -3.66. The fourth-order valence-corrected chi connectivity index (χ4v) is 1.57. The van der Waals surface area contributed by atoms with E-state index < -0.39 is 10.2 Å². The van der Waals surface area contributed by atoms with Gasteiger partial charge in [0.25, 0.3) is 10.2 Å². The van der Waals surface area contributed by atoms with Gasteiger partial charge in [-0.05, 0) is 18.2 Å². The molecule has 3 N–H and O–H groups in total. The third-order valence-corrected chi connectivity index (χ3v) is 2.10. The molecule has 0 radical (unpaired) electrons. The van der Waals surface area contributed by atoms with E-state index in [9.17, 15) is 8.42 Å².